The summed E-state index contributed by atoms with van der Waals surface area (Å²) in [5.74, 6) is 2.81. The van der Waals surface area contributed by atoms with Gasteiger partial charge >= 0.3 is 7.12 Å². The van der Waals surface area contributed by atoms with Crippen molar-refractivity contribution in [3.05, 3.63) is 12.1 Å². The Kier molecular flexibility index (Phi) is 3.92. The van der Waals surface area contributed by atoms with Crippen LogP contribution in [-0.2, 0) is 9.31 Å². The van der Waals surface area contributed by atoms with E-state index in [-0.39, 0.29) is 18.3 Å². The summed E-state index contributed by atoms with van der Waals surface area (Å²) in [5.41, 5.74) is 0.0326. The topological polar surface area (TPSA) is 18.5 Å². The first kappa shape index (κ1) is 15.1. The smallest absolute Gasteiger partial charge is 0.400 e. The Hall–Kier alpha value is -0.275. The normalized spacial score (nSPS) is 32.9. The maximum atomic E-state index is 6.00. The zero-order chi connectivity index (χ0) is 14.3. The van der Waals surface area contributed by atoms with E-state index in [4.69, 9.17) is 9.31 Å². The molecule has 0 aromatic rings. The third-order valence-electron chi connectivity index (χ3n) is 5.06. The molecule has 0 N–H and O–H groups in total. The molecule has 2 aliphatic rings. The zero-order valence-corrected chi connectivity index (χ0v) is 13.5. The lowest BCUT2D eigenvalue weighted by Crippen LogP contribution is -2.41. The monoisotopic (exact) mass is 264 g/mol. The Labute approximate surface area is 119 Å². The highest BCUT2D eigenvalue weighted by Crippen LogP contribution is 2.40. The summed E-state index contributed by atoms with van der Waals surface area (Å²) in [6.07, 6.45) is 7.60. The highest BCUT2D eigenvalue weighted by molar-refractivity contribution is 6.51. The predicted molar refractivity (Wildman–Crippen MR) is 81.0 cm³/mol. The van der Waals surface area contributed by atoms with Crippen molar-refractivity contribution < 1.29 is 9.31 Å². The number of hydrogen-bond acceptors (Lipinski definition) is 2. The molecule has 1 unspecified atom stereocenters. The average Bonchev–Trinajstić information content (AvgIpc) is 2.43. The average molecular weight is 264 g/mol. The zero-order valence-electron chi connectivity index (χ0n) is 13.5. The Morgan fingerprint density at radius 3 is 2.11 bits per heavy atom. The van der Waals surface area contributed by atoms with Crippen LogP contribution in [0.4, 0.5) is 0 Å². The van der Waals surface area contributed by atoms with E-state index < -0.39 is 0 Å². The van der Waals surface area contributed by atoms with Gasteiger partial charge in [-0.1, -0.05) is 32.3 Å². The van der Waals surface area contributed by atoms with Crippen molar-refractivity contribution in [2.24, 2.45) is 11.3 Å². The van der Waals surface area contributed by atoms with Crippen LogP contribution in [0.5, 0.6) is 0 Å². The maximum Gasteiger partial charge on any atom is 0.486 e. The summed E-state index contributed by atoms with van der Waals surface area (Å²) in [6.45, 7) is 13.2. The van der Waals surface area contributed by atoms with Gasteiger partial charge in [-0.25, -0.2) is 0 Å². The standard InChI is InChI=1S/C16H29BO2/c1-14(2)10-7-8-13(12-14)9-11-17-18-15(3,4)16(5,6)19-17/h9,11,13H,7-8,10,12H2,1-6H3/b11-9+. The fourth-order valence-corrected chi connectivity index (χ4v) is 3.14. The van der Waals surface area contributed by atoms with Crippen molar-refractivity contribution in [2.75, 3.05) is 0 Å². The van der Waals surface area contributed by atoms with Gasteiger partial charge in [-0.3, -0.25) is 0 Å². The van der Waals surface area contributed by atoms with Crippen molar-refractivity contribution in [1.29, 1.82) is 0 Å². The molecular weight excluding hydrogens is 235 g/mol. The molecule has 1 saturated carbocycles. The molecule has 1 atom stereocenters. The van der Waals surface area contributed by atoms with E-state index >= 15 is 0 Å². The van der Waals surface area contributed by atoms with Gasteiger partial charge in [0.25, 0.3) is 0 Å². The van der Waals surface area contributed by atoms with Crippen LogP contribution in [0, 0.1) is 11.3 Å². The van der Waals surface area contributed by atoms with E-state index in [1.54, 1.807) is 0 Å². The van der Waals surface area contributed by atoms with Gasteiger partial charge in [-0.2, -0.15) is 0 Å². The van der Waals surface area contributed by atoms with E-state index in [9.17, 15) is 0 Å². The van der Waals surface area contributed by atoms with E-state index in [1.807, 2.05) is 0 Å². The Bertz CT molecular complexity index is 342. The van der Waals surface area contributed by atoms with Gasteiger partial charge in [0.2, 0.25) is 0 Å². The van der Waals surface area contributed by atoms with Gasteiger partial charge in [-0.05, 0) is 58.3 Å². The quantitative estimate of drug-likeness (QED) is 0.688. The van der Waals surface area contributed by atoms with Crippen molar-refractivity contribution in [3.8, 4) is 0 Å². The minimum atomic E-state index is -0.228. The SMILES string of the molecule is CC1(C)CCCC(/C=C/B2OC(C)(C)C(C)(C)O2)C1. The second-order valence-corrected chi connectivity index (χ2v) is 8.03. The molecule has 3 heteroatoms. The van der Waals surface area contributed by atoms with E-state index in [0.717, 1.165) is 0 Å². The molecule has 19 heavy (non-hydrogen) atoms. The molecule has 0 amide bonds. The molecule has 2 rings (SSSR count). The summed E-state index contributed by atoms with van der Waals surface area (Å²) >= 11 is 0. The lowest BCUT2D eigenvalue weighted by Gasteiger charge is -2.33. The van der Waals surface area contributed by atoms with Gasteiger partial charge < -0.3 is 9.31 Å². The van der Waals surface area contributed by atoms with Crippen LogP contribution >= 0.6 is 0 Å². The first-order chi connectivity index (χ1) is 8.61. The Morgan fingerprint density at radius 1 is 1.00 bits per heavy atom. The van der Waals surface area contributed by atoms with Gasteiger partial charge in [0, 0.05) is 0 Å². The molecule has 108 valence electrons. The summed E-state index contributed by atoms with van der Waals surface area (Å²) in [4.78, 5) is 0. The summed E-state index contributed by atoms with van der Waals surface area (Å²) < 4.78 is 12.0. The molecule has 0 spiro atoms. The van der Waals surface area contributed by atoms with Crippen LogP contribution in [0.15, 0.2) is 12.1 Å². The lowest BCUT2D eigenvalue weighted by atomic mass is 9.71. The van der Waals surface area contributed by atoms with Crippen LogP contribution in [0.25, 0.3) is 0 Å². The molecule has 0 radical (unpaired) electrons. The third-order valence-corrected chi connectivity index (χ3v) is 5.06. The first-order valence-corrected chi connectivity index (χ1v) is 7.65. The van der Waals surface area contributed by atoms with Gasteiger partial charge in [0.05, 0.1) is 11.2 Å². The molecule has 1 heterocycles. The third kappa shape index (κ3) is 3.43. The second-order valence-electron chi connectivity index (χ2n) is 8.03. The van der Waals surface area contributed by atoms with Crippen molar-refractivity contribution in [2.45, 2.75) is 78.4 Å². The summed E-state index contributed by atoms with van der Waals surface area (Å²) in [6, 6.07) is 0. The fraction of sp³-hybridized carbons (Fsp3) is 0.875. The summed E-state index contributed by atoms with van der Waals surface area (Å²) in [7, 11) is -0.185. The molecule has 2 fully saturated rings. The highest BCUT2D eigenvalue weighted by Gasteiger charge is 2.50. The molecular formula is C16H29BO2. The Balaban J connectivity index is 1.94. The van der Waals surface area contributed by atoms with Crippen molar-refractivity contribution in [1.82, 2.24) is 0 Å². The highest BCUT2D eigenvalue weighted by atomic mass is 16.7. The number of allylic oxidation sites excluding steroid dienone is 1. The van der Waals surface area contributed by atoms with E-state index in [0.29, 0.717) is 11.3 Å². The van der Waals surface area contributed by atoms with Crippen LogP contribution in [0.1, 0.15) is 67.2 Å². The molecule has 1 aliphatic carbocycles. The lowest BCUT2D eigenvalue weighted by molar-refractivity contribution is 0.00578. The van der Waals surface area contributed by atoms with Crippen molar-refractivity contribution in [3.63, 3.8) is 0 Å². The van der Waals surface area contributed by atoms with Gasteiger partial charge in [0.15, 0.2) is 0 Å². The molecule has 2 nitrogen and oxygen atoms in total. The molecule has 0 bridgehead atoms. The van der Waals surface area contributed by atoms with Crippen LogP contribution < -0.4 is 0 Å². The van der Waals surface area contributed by atoms with E-state index in [2.05, 4.69) is 53.6 Å². The van der Waals surface area contributed by atoms with Crippen LogP contribution in [0.3, 0.4) is 0 Å². The minimum Gasteiger partial charge on any atom is -0.400 e. The van der Waals surface area contributed by atoms with Gasteiger partial charge in [-0.15, -0.1) is 0 Å². The Morgan fingerprint density at radius 2 is 1.58 bits per heavy atom. The maximum absolute atomic E-state index is 6.00. The number of hydrogen-bond donors (Lipinski definition) is 0. The fourth-order valence-electron chi connectivity index (χ4n) is 3.14. The number of rotatable bonds is 2. The first-order valence-electron chi connectivity index (χ1n) is 7.65. The second kappa shape index (κ2) is 4.93. The largest absolute Gasteiger partial charge is 0.486 e. The van der Waals surface area contributed by atoms with Crippen LogP contribution in [-0.4, -0.2) is 18.3 Å². The minimum absolute atomic E-state index is 0.185. The molecule has 0 aromatic heterocycles. The van der Waals surface area contributed by atoms with Crippen LogP contribution in [0.2, 0.25) is 0 Å². The molecule has 1 aliphatic heterocycles. The van der Waals surface area contributed by atoms with E-state index in [1.165, 1.54) is 25.7 Å². The van der Waals surface area contributed by atoms with Gasteiger partial charge in [0.1, 0.15) is 0 Å². The molecule has 1 saturated heterocycles. The summed E-state index contributed by atoms with van der Waals surface area (Å²) in [5, 5.41) is 0. The predicted octanol–water partition coefficient (Wildman–Crippen LogP) is 4.39. The molecule has 0 aromatic carbocycles. The van der Waals surface area contributed by atoms with Crippen molar-refractivity contribution >= 4 is 7.12 Å².